The van der Waals surface area contributed by atoms with Crippen molar-refractivity contribution < 1.29 is 24.2 Å². The molecule has 174 valence electrons. The fourth-order valence-corrected chi connectivity index (χ4v) is 3.92. The predicted octanol–water partition coefficient (Wildman–Crippen LogP) is 2.25. The van der Waals surface area contributed by atoms with Crippen LogP contribution in [0.15, 0.2) is 12.5 Å². The number of amides is 2. The number of aldehydes is 1. The summed E-state index contributed by atoms with van der Waals surface area (Å²) in [5, 5.41) is 16.0. The third kappa shape index (κ3) is 9.08. The number of carbonyl (C=O) groups excluding carboxylic acids is 3. The minimum atomic E-state index is -0.974. The number of hydrogen-bond acceptors (Lipinski definition) is 6. The van der Waals surface area contributed by atoms with Crippen LogP contribution in [0.25, 0.3) is 0 Å². The van der Waals surface area contributed by atoms with Gasteiger partial charge in [-0.2, -0.15) is 0 Å². The minimum absolute atomic E-state index is 0.0532. The van der Waals surface area contributed by atoms with Crippen LogP contribution in [0.3, 0.4) is 0 Å². The van der Waals surface area contributed by atoms with Crippen LogP contribution in [0.5, 0.6) is 0 Å². The normalized spacial score (nSPS) is 17.9. The lowest BCUT2D eigenvalue weighted by Gasteiger charge is -2.31. The number of imidazole rings is 1. The first-order valence-corrected chi connectivity index (χ1v) is 11.1. The maximum atomic E-state index is 13.1. The fraction of sp³-hybridized carbons (Fsp3) is 0.727. The molecule has 1 aromatic heterocycles. The zero-order valence-corrected chi connectivity index (χ0v) is 18.7. The number of aromatic amines is 1. The Morgan fingerprint density at radius 2 is 2.00 bits per heavy atom. The summed E-state index contributed by atoms with van der Waals surface area (Å²) in [7, 11) is 0. The van der Waals surface area contributed by atoms with Gasteiger partial charge in [-0.3, -0.25) is 4.79 Å². The number of hydrogen-bond donors (Lipinski definition) is 4. The summed E-state index contributed by atoms with van der Waals surface area (Å²) in [5.41, 5.74) is -0.0311. The first kappa shape index (κ1) is 24.8. The maximum Gasteiger partial charge on any atom is 0.408 e. The molecule has 0 radical (unpaired) electrons. The molecule has 0 spiro atoms. The second-order valence-corrected chi connectivity index (χ2v) is 9.30. The van der Waals surface area contributed by atoms with Crippen LogP contribution in [0.4, 0.5) is 4.79 Å². The van der Waals surface area contributed by atoms with Gasteiger partial charge in [-0.05, 0) is 33.1 Å². The van der Waals surface area contributed by atoms with Crippen LogP contribution in [-0.2, 0) is 20.7 Å². The van der Waals surface area contributed by atoms with Gasteiger partial charge in [0.2, 0.25) is 5.91 Å². The van der Waals surface area contributed by atoms with E-state index in [1.165, 1.54) is 12.7 Å². The molecule has 3 atom stereocenters. The van der Waals surface area contributed by atoms with E-state index < -0.39 is 35.8 Å². The summed E-state index contributed by atoms with van der Waals surface area (Å²) in [6.45, 7) is 5.23. The lowest BCUT2D eigenvalue weighted by Crippen LogP contribution is -2.54. The van der Waals surface area contributed by atoms with Gasteiger partial charge in [0.15, 0.2) is 0 Å². The quantitative estimate of drug-likeness (QED) is 0.416. The van der Waals surface area contributed by atoms with Crippen LogP contribution < -0.4 is 10.6 Å². The molecule has 1 aromatic rings. The van der Waals surface area contributed by atoms with Gasteiger partial charge in [-0.15, -0.1) is 0 Å². The molecule has 1 aliphatic rings. The van der Waals surface area contributed by atoms with E-state index in [0.717, 1.165) is 25.7 Å². The Morgan fingerprint density at radius 1 is 1.29 bits per heavy atom. The molecule has 9 heteroatoms. The van der Waals surface area contributed by atoms with E-state index in [9.17, 15) is 19.5 Å². The van der Waals surface area contributed by atoms with Crippen molar-refractivity contribution in [3.05, 3.63) is 18.2 Å². The number of aliphatic hydroxyl groups excluding tert-OH is 1. The Balaban J connectivity index is 2.10. The van der Waals surface area contributed by atoms with Gasteiger partial charge < -0.3 is 30.3 Å². The highest BCUT2D eigenvalue weighted by Crippen LogP contribution is 2.28. The molecule has 0 aromatic carbocycles. The van der Waals surface area contributed by atoms with Crippen molar-refractivity contribution >= 4 is 18.3 Å². The summed E-state index contributed by atoms with van der Waals surface area (Å²) >= 11 is 0. The van der Waals surface area contributed by atoms with Crippen molar-refractivity contribution in [2.24, 2.45) is 5.92 Å². The third-order valence-electron chi connectivity index (χ3n) is 5.43. The van der Waals surface area contributed by atoms with Gasteiger partial charge >= 0.3 is 6.09 Å². The zero-order chi connectivity index (χ0) is 22.9. The number of carbonyl (C=O) groups is 3. The lowest BCUT2D eigenvalue weighted by atomic mass is 9.83. The highest BCUT2D eigenvalue weighted by molar-refractivity contribution is 5.86. The molecule has 0 aliphatic heterocycles. The molecule has 1 saturated carbocycles. The average molecular weight is 437 g/mol. The summed E-state index contributed by atoms with van der Waals surface area (Å²) in [4.78, 5) is 43.3. The number of nitrogens with zero attached hydrogens (tertiary/aromatic N) is 1. The Hall–Kier alpha value is -2.42. The molecule has 1 aliphatic carbocycles. The Kier molecular flexibility index (Phi) is 9.48. The second kappa shape index (κ2) is 11.8. The molecule has 2 amide bonds. The lowest BCUT2D eigenvalue weighted by molar-refractivity contribution is -0.125. The van der Waals surface area contributed by atoms with Crippen molar-refractivity contribution in [2.45, 2.75) is 95.9 Å². The number of ether oxygens (including phenoxy) is 1. The van der Waals surface area contributed by atoms with Crippen LogP contribution in [0.1, 0.15) is 71.4 Å². The van der Waals surface area contributed by atoms with Crippen LogP contribution in [0.2, 0.25) is 0 Å². The van der Waals surface area contributed by atoms with Gasteiger partial charge in [0.05, 0.1) is 18.5 Å². The number of aromatic nitrogens is 2. The van der Waals surface area contributed by atoms with E-state index in [0.29, 0.717) is 24.3 Å². The van der Waals surface area contributed by atoms with Gasteiger partial charge in [-0.1, -0.05) is 32.1 Å². The summed E-state index contributed by atoms with van der Waals surface area (Å²) in [6, 6.07) is -1.49. The van der Waals surface area contributed by atoms with Crippen LogP contribution in [-0.4, -0.2) is 57.1 Å². The van der Waals surface area contributed by atoms with E-state index in [1.54, 1.807) is 27.0 Å². The molecule has 4 N–H and O–H groups in total. The Bertz CT molecular complexity index is 695. The van der Waals surface area contributed by atoms with Gasteiger partial charge in [0.1, 0.15) is 17.9 Å². The van der Waals surface area contributed by atoms with Gasteiger partial charge in [-0.25, -0.2) is 9.78 Å². The number of nitrogens with one attached hydrogen (secondary N) is 3. The fourth-order valence-electron chi connectivity index (χ4n) is 3.92. The Morgan fingerprint density at radius 3 is 2.58 bits per heavy atom. The first-order chi connectivity index (χ1) is 14.7. The van der Waals surface area contributed by atoms with Crippen molar-refractivity contribution in [1.82, 2.24) is 20.6 Å². The number of aliphatic hydroxyl groups is 1. The highest BCUT2D eigenvalue weighted by Gasteiger charge is 2.30. The van der Waals surface area contributed by atoms with Gasteiger partial charge in [0, 0.05) is 24.7 Å². The molecule has 31 heavy (non-hydrogen) atoms. The topological polar surface area (TPSA) is 133 Å². The molecular formula is C22H36N4O5. The first-order valence-electron chi connectivity index (χ1n) is 11.1. The van der Waals surface area contributed by atoms with Crippen LogP contribution in [0, 0.1) is 5.92 Å². The molecule has 1 fully saturated rings. The SMILES string of the molecule is CC(C)(C)OC(=O)N[C@@H](Cc1cnc[nH]1)C(=O)N[C@@H](CC1CCCCC1)[C@@H](O)CC=O. The second-order valence-electron chi connectivity index (χ2n) is 9.30. The monoisotopic (exact) mass is 436 g/mol. The summed E-state index contributed by atoms with van der Waals surface area (Å²) < 4.78 is 5.30. The molecule has 0 saturated heterocycles. The minimum Gasteiger partial charge on any atom is -0.444 e. The molecular weight excluding hydrogens is 400 g/mol. The van der Waals surface area contributed by atoms with Crippen LogP contribution >= 0.6 is 0 Å². The molecule has 2 rings (SSSR count). The molecule has 1 heterocycles. The summed E-state index contributed by atoms with van der Waals surface area (Å²) in [5.74, 6) is -0.0450. The van der Waals surface area contributed by atoms with E-state index >= 15 is 0 Å². The standard InChI is InChI=1S/C22H36N4O5/c1-22(2,3)31-21(30)26-18(12-16-13-23-14-24-16)20(29)25-17(19(28)9-10-27)11-15-7-5-4-6-8-15/h10,13-15,17-19,28H,4-9,11-12H2,1-3H3,(H,23,24)(H,25,29)(H,26,30)/t17-,18-,19-/m0/s1. The third-order valence-corrected chi connectivity index (χ3v) is 5.43. The number of alkyl carbamates (subject to hydrolysis) is 1. The molecule has 9 nitrogen and oxygen atoms in total. The van der Waals surface area contributed by atoms with Gasteiger partial charge in [0.25, 0.3) is 0 Å². The summed E-state index contributed by atoms with van der Waals surface area (Å²) in [6.07, 6.45) is 8.37. The molecule has 0 bridgehead atoms. The van der Waals surface area contributed by atoms with E-state index in [-0.39, 0.29) is 12.8 Å². The predicted molar refractivity (Wildman–Crippen MR) is 115 cm³/mol. The maximum absolute atomic E-state index is 13.1. The van der Waals surface area contributed by atoms with E-state index in [2.05, 4.69) is 20.6 Å². The zero-order valence-electron chi connectivity index (χ0n) is 18.7. The smallest absolute Gasteiger partial charge is 0.408 e. The number of H-pyrrole nitrogens is 1. The number of rotatable bonds is 10. The van der Waals surface area contributed by atoms with Crippen molar-refractivity contribution in [3.8, 4) is 0 Å². The van der Waals surface area contributed by atoms with E-state index in [1.807, 2.05) is 0 Å². The van der Waals surface area contributed by atoms with Crippen molar-refractivity contribution in [2.75, 3.05) is 0 Å². The van der Waals surface area contributed by atoms with Crippen molar-refractivity contribution in [1.29, 1.82) is 0 Å². The van der Waals surface area contributed by atoms with Crippen molar-refractivity contribution in [3.63, 3.8) is 0 Å². The Labute approximate surface area is 183 Å². The van der Waals surface area contributed by atoms with E-state index in [4.69, 9.17) is 4.74 Å². The highest BCUT2D eigenvalue weighted by atomic mass is 16.6. The average Bonchev–Trinajstić information content (AvgIpc) is 3.19. The largest absolute Gasteiger partial charge is 0.444 e. The molecule has 0 unspecified atom stereocenters.